The second-order valence-electron chi connectivity index (χ2n) is 6.40. The lowest BCUT2D eigenvalue weighted by Gasteiger charge is -2.31. The maximum absolute atomic E-state index is 4.28. The zero-order chi connectivity index (χ0) is 15.0. The minimum absolute atomic E-state index is 0.711. The van der Waals surface area contributed by atoms with E-state index in [1.165, 1.54) is 49.7 Å². The summed E-state index contributed by atoms with van der Waals surface area (Å²) in [7, 11) is 0. The van der Waals surface area contributed by atoms with Gasteiger partial charge in [0.05, 0.1) is 0 Å². The normalized spacial score (nSPS) is 16.6. The standard InChI is InChI=1S/C20H26N2/c1-2-7-13-20(12-6-1)22(16-18-9-4-3-5-10-18)17-19-11-8-14-21-15-19/h3-5,8-11,14-15,20H,1-2,6-7,12-13,16-17H2. The minimum atomic E-state index is 0.711. The van der Waals surface area contributed by atoms with Crippen LogP contribution >= 0.6 is 0 Å². The molecule has 1 heterocycles. The zero-order valence-electron chi connectivity index (χ0n) is 13.3. The van der Waals surface area contributed by atoms with Crippen LogP contribution in [-0.2, 0) is 13.1 Å². The van der Waals surface area contributed by atoms with Crippen molar-refractivity contribution in [3.05, 3.63) is 66.0 Å². The zero-order valence-corrected chi connectivity index (χ0v) is 13.3. The van der Waals surface area contributed by atoms with Gasteiger partial charge in [-0.3, -0.25) is 9.88 Å². The predicted octanol–water partition coefficient (Wildman–Crippen LogP) is 4.81. The molecule has 2 heteroatoms. The predicted molar refractivity (Wildman–Crippen MR) is 91.4 cm³/mol. The summed E-state index contributed by atoms with van der Waals surface area (Å²) in [5.41, 5.74) is 2.73. The average molecular weight is 294 g/mol. The summed E-state index contributed by atoms with van der Waals surface area (Å²) in [6, 6.07) is 15.8. The molecule has 0 atom stereocenters. The van der Waals surface area contributed by atoms with Gasteiger partial charge >= 0.3 is 0 Å². The molecule has 0 aliphatic heterocycles. The Balaban J connectivity index is 1.74. The van der Waals surface area contributed by atoms with E-state index in [9.17, 15) is 0 Å². The first-order valence-electron chi connectivity index (χ1n) is 8.59. The SMILES string of the molecule is c1ccc(CN(Cc2cccnc2)C2CCCCCC2)cc1. The smallest absolute Gasteiger partial charge is 0.0312 e. The molecule has 1 aliphatic carbocycles. The molecule has 1 aliphatic rings. The van der Waals surface area contributed by atoms with Crippen LogP contribution in [0.4, 0.5) is 0 Å². The fourth-order valence-electron chi connectivity index (χ4n) is 3.48. The second kappa shape index (κ2) is 8.09. The van der Waals surface area contributed by atoms with E-state index >= 15 is 0 Å². The third-order valence-electron chi connectivity index (χ3n) is 4.68. The Morgan fingerprint density at radius 2 is 1.50 bits per heavy atom. The Kier molecular flexibility index (Phi) is 5.60. The largest absolute Gasteiger partial charge is 0.292 e. The first-order valence-corrected chi connectivity index (χ1v) is 8.59. The maximum atomic E-state index is 4.28. The summed E-state index contributed by atoms with van der Waals surface area (Å²) in [6.07, 6.45) is 12.1. The van der Waals surface area contributed by atoms with Crippen molar-refractivity contribution in [1.82, 2.24) is 9.88 Å². The highest BCUT2D eigenvalue weighted by molar-refractivity contribution is 5.15. The van der Waals surface area contributed by atoms with E-state index in [4.69, 9.17) is 0 Å². The Morgan fingerprint density at radius 1 is 0.818 bits per heavy atom. The Hall–Kier alpha value is -1.67. The minimum Gasteiger partial charge on any atom is -0.292 e. The van der Waals surface area contributed by atoms with Crippen LogP contribution in [0.1, 0.15) is 49.7 Å². The summed E-state index contributed by atoms with van der Waals surface area (Å²) >= 11 is 0. The van der Waals surface area contributed by atoms with E-state index in [2.05, 4.69) is 46.3 Å². The highest BCUT2D eigenvalue weighted by Gasteiger charge is 2.20. The van der Waals surface area contributed by atoms with Gasteiger partial charge in [-0.1, -0.05) is 62.1 Å². The molecule has 0 amide bonds. The number of pyridine rings is 1. The molecule has 3 rings (SSSR count). The van der Waals surface area contributed by atoms with Crippen LogP contribution in [0, 0.1) is 0 Å². The third kappa shape index (κ3) is 4.41. The second-order valence-corrected chi connectivity index (χ2v) is 6.40. The van der Waals surface area contributed by atoms with Crippen LogP contribution in [0.2, 0.25) is 0 Å². The number of benzene rings is 1. The lowest BCUT2D eigenvalue weighted by Crippen LogP contribution is -2.34. The van der Waals surface area contributed by atoms with Gasteiger partial charge in [0, 0.05) is 31.5 Å². The van der Waals surface area contributed by atoms with Crippen molar-refractivity contribution >= 4 is 0 Å². The van der Waals surface area contributed by atoms with E-state index in [0.29, 0.717) is 6.04 Å². The molecule has 22 heavy (non-hydrogen) atoms. The van der Waals surface area contributed by atoms with Crippen LogP contribution in [-0.4, -0.2) is 15.9 Å². The van der Waals surface area contributed by atoms with Crippen molar-refractivity contribution < 1.29 is 0 Å². The molecule has 1 aromatic heterocycles. The van der Waals surface area contributed by atoms with Gasteiger partial charge in [0.2, 0.25) is 0 Å². The quantitative estimate of drug-likeness (QED) is 0.736. The molecular formula is C20H26N2. The van der Waals surface area contributed by atoms with Crippen LogP contribution < -0.4 is 0 Å². The Labute approximate surface area is 134 Å². The fourth-order valence-corrected chi connectivity index (χ4v) is 3.48. The molecule has 1 aromatic carbocycles. The molecule has 0 N–H and O–H groups in total. The van der Waals surface area contributed by atoms with Gasteiger partial charge in [0.15, 0.2) is 0 Å². The van der Waals surface area contributed by atoms with Gasteiger partial charge in [-0.15, -0.1) is 0 Å². The van der Waals surface area contributed by atoms with Gasteiger partial charge < -0.3 is 0 Å². The van der Waals surface area contributed by atoms with Crippen molar-refractivity contribution in [3.8, 4) is 0 Å². The first kappa shape index (κ1) is 15.2. The van der Waals surface area contributed by atoms with Crippen LogP contribution in [0.5, 0.6) is 0 Å². The van der Waals surface area contributed by atoms with Crippen molar-refractivity contribution in [2.75, 3.05) is 0 Å². The van der Waals surface area contributed by atoms with E-state index < -0.39 is 0 Å². The number of nitrogens with zero attached hydrogens (tertiary/aromatic N) is 2. The van der Waals surface area contributed by atoms with E-state index in [1.807, 2.05) is 18.5 Å². The highest BCUT2D eigenvalue weighted by atomic mass is 15.2. The van der Waals surface area contributed by atoms with Gasteiger partial charge in [0.1, 0.15) is 0 Å². The van der Waals surface area contributed by atoms with Crippen LogP contribution in [0.25, 0.3) is 0 Å². The molecule has 116 valence electrons. The summed E-state index contributed by atoms with van der Waals surface area (Å²) in [5, 5.41) is 0. The lowest BCUT2D eigenvalue weighted by molar-refractivity contribution is 0.161. The van der Waals surface area contributed by atoms with E-state index in [0.717, 1.165) is 13.1 Å². The van der Waals surface area contributed by atoms with Gasteiger partial charge in [0.25, 0.3) is 0 Å². The van der Waals surface area contributed by atoms with Crippen molar-refractivity contribution in [2.45, 2.75) is 57.7 Å². The van der Waals surface area contributed by atoms with Crippen molar-refractivity contribution in [3.63, 3.8) is 0 Å². The number of hydrogen-bond donors (Lipinski definition) is 0. The van der Waals surface area contributed by atoms with Gasteiger partial charge in [-0.2, -0.15) is 0 Å². The molecule has 2 aromatic rings. The summed E-state index contributed by atoms with van der Waals surface area (Å²) < 4.78 is 0. The topological polar surface area (TPSA) is 16.1 Å². The number of rotatable bonds is 5. The molecule has 0 unspecified atom stereocenters. The summed E-state index contributed by atoms with van der Waals surface area (Å²) in [5.74, 6) is 0. The molecule has 2 nitrogen and oxygen atoms in total. The van der Waals surface area contributed by atoms with Gasteiger partial charge in [-0.05, 0) is 30.0 Å². The van der Waals surface area contributed by atoms with Crippen molar-refractivity contribution in [1.29, 1.82) is 0 Å². The van der Waals surface area contributed by atoms with Crippen molar-refractivity contribution in [2.24, 2.45) is 0 Å². The van der Waals surface area contributed by atoms with E-state index in [-0.39, 0.29) is 0 Å². The number of hydrogen-bond acceptors (Lipinski definition) is 2. The molecule has 0 radical (unpaired) electrons. The Bertz CT molecular complexity index is 489. The van der Waals surface area contributed by atoms with Gasteiger partial charge in [-0.25, -0.2) is 0 Å². The maximum Gasteiger partial charge on any atom is 0.0312 e. The number of aromatic nitrogens is 1. The van der Waals surface area contributed by atoms with E-state index in [1.54, 1.807) is 0 Å². The highest BCUT2D eigenvalue weighted by Crippen LogP contribution is 2.25. The molecule has 1 fully saturated rings. The molecular weight excluding hydrogens is 268 g/mol. The monoisotopic (exact) mass is 294 g/mol. The average Bonchev–Trinajstić information content (AvgIpc) is 2.85. The summed E-state index contributed by atoms with van der Waals surface area (Å²) in [4.78, 5) is 6.95. The Morgan fingerprint density at radius 3 is 2.18 bits per heavy atom. The van der Waals surface area contributed by atoms with Crippen LogP contribution in [0.15, 0.2) is 54.9 Å². The molecule has 0 bridgehead atoms. The lowest BCUT2D eigenvalue weighted by atomic mass is 10.0. The molecule has 1 saturated carbocycles. The third-order valence-corrected chi connectivity index (χ3v) is 4.68. The first-order chi connectivity index (χ1) is 10.9. The molecule has 0 saturated heterocycles. The molecule has 0 spiro atoms. The van der Waals surface area contributed by atoms with Crippen LogP contribution in [0.3, 0.4) is 0 Å². The summed E-state index contributed by atoms with van der Waals surface area (Å²) in [6.45, 7) is 2.05. The fraction of sp³-hybridized carbons (Fsp3) is 0.450.